The van der Waals surface area contributed by atoms with Gasteiger partial charge < -0.3 is 10.1 Å². The van der Waals surface area contributed by atoms with E-state index in [-0.39, 0.29) is 18.1 Å². The van der Waals surface area contributed by atoms with Gasteiger partial charge in [-0.2, -0.15) is 0 Å². The van der Waals surface area contributed by atoms with Crippen molar-refractivity contribution in [2.24, 2.45) is 0 Å². The van der Waals surface area contributed by atoms with E-state index in [4.69, 9.17) is 4.74 Å². The van der Waals surface area contributed by atoms with E-state index in [0.717, 1.165) is 28.6 Å². The third-order valence-electron chi connectivity index (χ3n) is 6.27. The average Bonchev–Trinajstić information content (AvgIpc) is 2.79. The number of fused-ring (bicyclic) bond motifs is 1. The zero-order valence-corrected chi connectivity index (χ0v) is 19.2. The molecule has 1 atom stereocenters. The van der Waals surface area contributed by atoms with Crippen LogP contribution in [0.4, 0.5) is 0 Å². The Morgan fingerprint density at radius 2 is 1.88 bits per heavy atom. The first-order valence-electron chi connectivity index (χ1n) is 10.9. The molecule has 1 amide bonds. The maximum Gasteiger partial charge on any atom is 0.221 e. The number of ether oxygens (including phenoxy) is 1. The van der Waals surface area contributed by atoms with Gasteiger partial charge in [-0.05, 0) is 49.6 Å². The van der Waals surface area contributed by atoms with E-state index in [1.807, 2.05) is 37.3 Å². The number of nitrogens with zero attached hydrogens (tertiary/aromatic N) is 1. The minimum absolute atomic E-state index is 0.0612. The van der Waals surface area contributed by atoms with E-state index in [9.17, 15) is 13.2 Å². The first-order valence-corrected chi connectivity index (χ1v) is 12.5. The smallest absolute Gasteiger partial charge is 0.221 e. The lowest BCUT2D eigenvalue weighted by atomic mass is 9.88. The molecule has 3 aromatic rings. The van der Waals surface area contributed by atoms with Crippen LogP contribution in [0.1, 0.15) is 42.5 Å². The zero-order valence-electron chi connectivity index (χ0n) is 18.4. The zero-order chi connectivity index (χ0) is 22.8. The largest absolute Gasteiger partial charge is 0.489 e. The molecule has 1 unspecified atom stereocenters. The molecule has 0 radical (unpaired) electrons. The fraction of sp³-hybridized carbons (Fsp3) is 0.360. The van der Waals surface area contributed by atoms with Crippen LogP contribution < -0.4 is 10.1 Å². The van der Waals surface area contributed by atoms with Crippen molar-refractivity contribution in [3.63, 3.8) is 0 Å². The molecule has 1 saturated heterocycles. The number of carbonyl (C=O) groups is 1. The number of aromatic nitrogens is 1. The predicted octanol–water partition coefficient (Wildman–Crippen LogP) is 4.05. The van der Waals surface area contributed by atoms with Gasteiger partial charge in [-0.3, -0.25) is 9.78 Å². The lowest BCUT2D eigenvalue weighted by Crippen LogP contribution is -2.44. The summed E-state index contributed by atoms with van der Waals surface area (Å²) in [6, 6.07) is 17.1. The number of aryl methyl sites for hydroxylation is 1. The standard InChI is InChI=1S/C25H28N2O4S/c1-18-15-19(22-7-3-4-8-23(22)27-18)17-31-21-11-9-20(10-12-21)25(16-24(28)26-2)13-5-6-14-32(25,29)30/h3-4,7-12,15H,5-6,13-14,16-17H2,1-2H3,(H,26,28). The molecule has 0 spiro atoms. The molecule has 2 aromatic carbocycles. The van der Waals surface area contributed by atoms with Crippen LogP contribution >= 0.6 is 0 Å². The van der Waals surface area contributed by atoms with Crippen LogP contribution in [-0.4, -0.2) is 32.1 Å². The minimum atomic E-state index is -3.45. The third-order valence-corrected chi connectivity index (χ3v) is 8.87. The Balaban J connectivity index is 1.59. The Labute approximate surface area is 188 Å². The van der Waals surface area contributed by atoms with Gasteiger partial charge in [0.05, 0.1) is 17.7 Å². The van der Waals surface area contributed by atoms with E-state index in [0.29, 0.717) is 30.8 Å². The second-order valence-electron chi connectivity index (χ2n) is 8.37. The number of para-hydroxylation sites is 1. The lowest BCUT2D eigenvalue weighted by molar-refractivity contribution is -0.121. The number of hydrogen-bond donors (Lipinski definition) is 1. The molecule has 2 heterocycles. The third kappa shape index (κ3) is 4.21. The van der Waals surface area contributed by atoms with Crippen LogP contribution in [0.2, 0.25) is 0 Å². The second kappa shape index (κ2) is 8.90. The Morgan fingerprint density at radius 3 is 2.59 bits per heavy atom. The highest BCUT2D eigenvalue weighted by molar-refractivity contribution is 7.92. The Morgan fingerprint density at radius 1 is 1.12 bits per heavy atom. The summed E-state index contributed by atoms with van der Waals surface area (Å²) < 4.78 is 31.0. The number of benzene rings is 2. The van der Waals surface area contributed by atoms with E-state index >= 15 is 0 Å². The highest BCUT2D eigenvalue weighted by atomic mass is 32.2. The summed E-state index contributed by atoms with van der Waals surface area (Å²) in [6.45, 7) is 2.34. The molecular formula is C25H28N2O4S. The van der Waals surface area contributed by atoms with Crippen LogP contribution in [0, 0.1) is 6.92 Å². The van der Waals surface area contributed by atoms with E-state index < -0.39 is 14.6 Å². The quantitative estimate of drug-likeness (QED) is 0.610. The summed E-state index contributed by atoms with van der Waals surface area (Å²) in [6.07, 6.45) is 1.81. The van der Waals surface area contributed by atoms with Crippen LogP contribution in [0.5, 0.6) is 5.75 Å². The minimum Gasteiger partial charge on any atom is -0.489 e. The Kier molecular flexibility index (Phi) is 6.20. The number of rotatable bonds is 6. The lowest BCUT2D eigenvalue weighted by Gasteiger charge is -2.36. The first kappa shape index (κ1) is 22.3. The number of carbonyl (C=O) groups excluding carboxylic acids is 1. The van der Waals surface area contributed by atoms with Crippen LogP contribution in [0.15, 0.2) is 54.6 Å². The van der Waals surface area contributed by atoms with Crippen LogP contribution in [0.3, 0.4) is 0 Å². The van der Waals surface area contributed by atoms with Gasteiger partial charge in [0.15, 0.2) is 9.84 Å². The normalized spacial score (nSPS) is 20.1. The van der Waals surface area contributed by atoms with Crippen molar-refractivity contribution in [3.05, 3.63) is 71.4 Å². The summed E-state index contributed by atoms with van der Waals surface area (Å²) in [5.41, 5.74) is 3.55. The van der Waals surface area contributed by atoms with Crippen molar-refractivity contribution in [1.82, 2.24) is 10.3 Å². The van der Waals surface area contributed by atoms with Crippen molar-refractivity contribution in [3.8, 4) is 5.75 Å². The molecule has 7 heteroatoms. The van der Waals surface area contributed by atoms with Gasteiger partial charge >= 0.3 is 0 Å². The van der Waals surface area contributed by atoms with Gasteiger partial charge in [0.25, 0.3) is 0 Å². The molecule has 1 aliphatic heterocycles. The number of sulfone groups is 1. The number of amides is 1. The number of nitrogens with one attached hydrogen (secondary N) is 1. The van der Waals surface area contributed by atoms with Crippen molar-refractivity contribution in [1.29, 1.82) is 0 Å². The maximum atomic E-state index is 13.1. The van der Waals surface area contributed by atoms with Crippen LogP contribution in [0.25, 0.3) is 10.9 Å². The SMILES string of the molecule is CNC(=O)CC1(c2ccc(OCc3cc(C)nc4ccccc34)cc2)CCCCS1(=O)=O. The number of hydrogen-bond acceptors (Lipinski definition) is 5. The van der Waals surface area contributed by atoms with Gasteiger partial charge in [-0.25, -0.2) is 8.42 Å². The van der Waals surface area contributed by atoms with E-state index in [1.54, 1.807) is 24.3 Å². The second-order valence-corrected chi connectivity index (χ2v) is 10.8. The van der Waals surface area contributed by atoms with Crippen molar-refractivity contribution < 1.29 is 17.9 Å². The highest BCUT2D eigenvalue weighted by Gasteiger charge is 2.48. The fourth-order valence-electron chi connectivity index (χ4n) is 4.56. The molecule has 1 N–H and O–H groups in total. The molecule has 0 bridgehead atoms. The Bertz CT molecular complexity index is 1240. The molecule has 1 aliphatic rings. The molecule has 0 aliphatic carbocycles. The topological polar surface area (TPSA) is 85.4 Å². The van der Waals surface area contributed by atoms with E-state index in [2.05, 4.69) is 10.3 Å². The summed E-state index contributed by atoms with van der Waals surface area (Å²) in [4.78, 5) is 16.8. The Hall–Kier alpha value is -2.93. The van der Waals surface area contributed by atoms with Gasteiger partial charge in [-0.15, -0.1) is 0 Å². The molecule has 1 fully saturated rings. The number of pyridine rings is 1. The summed E-state index contributed by atoms with van der Waals surface area (Å²) in [5, 5.41) is 3.63. The van der Waals surface area contributed by atoms with Crippen molar-refractivity contribution >= 4 is 26.6 Å². The monoisotopic (exact) mass is 452 g/mol. The van der Waals surface area contributed by atoms with Crippen LogP contribution in [-0.2, 0) is 26.0 Å². The molecule has 4 rings (SSSR count). The van der Waals surface area contributed by atoms with Gasteiger partial charge in [0, 0.05) is 23.7 Å². The molecule has 0 saturated carbocycles. The average molecular weight is 453 g/mol. The van der Waals surface area contributed by atoms with Crippen molar-refractivity contribution in [2.45, 2.75) is 44.0 Å². The molecule has 6 nitrogen and oxygen atoms in total. The van der Waals surface area contributed by atoms with Gasteiger partial charge in [-0.1, -0.05) is 36.8 Å². The summed E-state index contributed by atoms with van der Waals surface area (Å²) in [7, 11) is -1.91. The van der Waals surface area contributed by atoms with E-state index in [1.165, 1.54) is 7.05 Å². The fourth-order valence-corrected chi connectivity index (χ4v) is 6.83. The molecule has 168 valence electrons. The van der Waals surface area contributed by atoms with Crippen molar-refractivity contribution in [2.75, 3.05) is 12.8 Å². The highest BCUT2D eigenvalue weighted by Crippen LogP contribution is 2.43. The van der Waals surface area contributed by atoms with Gasteiger partial charge in [0.2, 0.25) is 5.91 Å². The maximum absolute atomic E-state index is 13.1. The molecule has 1 aromatic heterocycles. The molecular weight excluding hydrogens is 424 g/mol. The first-order chi connectivity index (χ1) is 15.3. The predicted molar refractivity (Wildman–Crippen MR) is 125 cm³/mol. The summed E-state index contributed by atoms with van der Waals surface area (Å²) >= 11 is 0. The molecule has 32 heavy (non-hydrogen) atoms. The van der Waals surface area contributed by atoms with Gasteiger partial charge in [0.1, 0.15) is 17.1 Å². The summed E-state index contributed by atoms with van der Waals surface area (Å²) in [5.74, 6) is 0.489.